The SMILES string of the molecule is Cn1cc(-c2ccc(=O)n(C[C@@H]3CN(c4ncc(O)cn4)CCO3)n2)cn1. The van der Waals surface area contributed by atoms with Gasteiger partial charge in [0.25, 0.3) is 5.56 Å². The Bertz CT molecular complexity index is 983. The Labute approximate surface area is 154 Å². The fraction of sp³-hybridized carbons (Fsp3) is 0.353. The topological polar surface area (TPSA) is 111 Å². The maximum Gasteiger partial charge on any atom is 0.266 e. The summed E-state index contributed by atoms with van der Waals surface area (Å²) in [5.41, 5.74) is 1.33. The van der Waals surface area contributed by atoms with E-state index in [0.717, 1.165) is 5.56 Å². The maximum absolute atomic E-state index is 12.2. The fourth-order valence-corrected chi connectivity index (χ4v) is 2.97. The number of aryl methyl sites for hydroxylation is 1. The molecule has 1 aliphatic heterocycles. The van der Waals surface area contributed by atoms with Gasteiger partial charge in [-0.3, -0.25) is 9.48 Å². The van der Waals surface area contributed by atoms with Crippen LogP contribution >= 0.6 is 0 Å². The summed E-state index contributed by atoms with van der Waals surface area (Å²) in [4.78, 5) is 22.5. The summed E-state index contributed by atoms with van der Waals surface area (Å²) in [5, 5.41) is 17.9. The van der Waals surface area contributed by atoms with Crippen LogP contribution in [0.2, 0.25) is 0 Å². The van der Waals surface area contributed by atoms with Gasteiger partial charge in [-0.2, -0.15) is 10.2 Å². The normalized spacial score (nSPS) is 17.2. The van der Waals surface area contributed by atoms with Crippen molar-refractivity contribution in [2.75, 3.05) is 24.6 Å². The van der Waals surface area contributed by atoms with Gasteiger partial charge in [0.05, 0.1) is 43.5 Å². The number of nitrogens with zero attached hydrogens (tertiary/aromatic N) is 7. The van der Waals surface area contributed by atoms with E-state index in [0.29, 0.717) is 37.9 Å². The molecular formula is C17H19N7O3. The molecule has 10 nitrogen and oxygen atoms in total. The second-order valence-corrected chi connectivity index (χ2v) is 6.32. The molecule has 1 fully saturated rings. The first-order chi connectivity index (χ1) is 13.1. The quantitative estimate of drug-likeness (QED) is 0.686. The zero-order chi connectivity index (χ0) is 18.8. The van der Waals surface area contributed by atoms with Gasteiger partial charge in [0.2, 0.25) is 5.95 Å². The summed E-state index contributed by atoms with van der Waals surface area (Å²) in [5.74, 6) is 0.539. The van der Waals surface area contributed by atoms with Crippen molar-refractivity contribution in [3.63, 3.8) is 0 Å². The molecule has 3 aromatic rings. The van der Waals surface area contributed by atoms with Crippen LogP contribution in [0.3, 0.4) is 0 Å². The molecule has 0 aromatic carbocycles. The minimum atomic E-state index is -0.231. The number of morpholine rings is 1. The number of aromatic hydroxyl groups is 1. The first-order valence-electron chi connectivity index (χ1n) is 8.53. The molecule has 140 valence electrons. The Morgan fingerprint density at radius 3 is 2.81 bits per heavy atom. The molecule has 27 heavy (non-hydrogen) atoms. The Morgan fingerprint density at radius 1 is 1.26 bits per heavy atom. The first kappa shape index (κ1) is 17.2. The average molecular weight is 369 g/mol. The molecule has 0 radical (unpaired) electrons. The van der Waals surface area contributed by atoms with Gasteiger partial charge in [-0.1, -0.05) is 0 Å². The van der Waals surface area contributed by atoms with Crippen LogP contribution in [0.25, 0.3) is 11.3 Å². The van der Waals surface area contributed by atoms with E-state index in [4.69, 9.17) is 4.74 Å². The minimum Gasteiger partial charge on any atom is -0.505 e. The van der Waals surface area contributed by atoms with E-state index < -0.39 is 0 Å². The molecule has 1 saturated heterocycles. The van der Waals surface area contributed by atoms with Gasteiger partial charge in [-0.15, -0.1) is 0 Å². The zero-order valence-corrected chi connectivity index (χ0v) is 14.8. The summed E-state index contributed by atoms with van der Waals surface area (Å²) in [6.45, 7) is 1.98. The van der Waals surface area contributed by atoms with Gasteiger partial charge in [0, 0.05) is 38.0 Å². The molecule has 0 saturated carbocycles. The molecule has 10 heteroatoms. The van der Waals surface area contributed by atoms with Crippen LogP contribution in [-0.4, -0.2) is 60.4 Å². The van der Waals surface area contributed by atoms with Gasteiger partial charge in [0.1, 0.15) is 0 Å². The van der Waals surface area contributed by atoms with Crippen molar-refractivity contribution < 1.29 is 9.84 Å². The summed E-state index contributed by atoms with van der Waals surface area (Å²) < 4.78 is 8.90. The highest BCUT2D eigenvalue weighted by atomic mass is 16.5. The lowest BCUT2D eigenvalue weighted by Crippen LogP contribution is -2.46. The number of rotatable bonds is 4. The number of hydrogen-bond acceptors (Lipinski definition) is 8. The van der Waals surface area contributed by atoms with Crippen LogP contribution in [0.15, 0.2) is 41.7 Å². The summed E-state index contributed by atoms with van der Waals surface area (Å²) in [6, 6.07) is 3.19. The molecule has 0 aliphatic carbocycles. The Hall–Kier alpha value is -3.27. The Morgan fingerprint density at radius 2 is 2.07 bits per heavy atom. The molecule has 1 N–H and O–H groups in total. The van der Waals surface area contributed by atoms with E-state index in [-0.39, 0.29) is 17.4 Å². The van der Waals surface area contributed by atoms with Crippen molar-refractivity contribution in [1.82, 2.24) is 29.5 Å². The highest BCUT2D eigenvalue weighted by Crippen LogP contribution is 2.16. The van der Waals surface area contributed by atoms with Gasteiger partial charge in [0.15, 0.2) is 5.75 Å². The van der Waals surface area contributed by atoms with E-state index in [1.165, 1.54) is 23.1 Å². The lowest BCUT2D eigenvalue weighted by atomic mass is 10.2. The van der Waals surface area contributed by atoms with Crippen molar-refractivity contribution in [1.29, 1.82) is 0 Å². The van der Waals surface area contributed by atoms with E-state index in [2.05, 4.69) is 20.2 Å². The molecule has 4 rings (SSSR count). The number of anilines is 1. The number of ether oxygens (including phenoxy) is 1. The van der Waals surface area contributed by atoms with Gasteiger partial charge >= 0.3 is 0 Å². The monoisotopic (exact) mass is 369 g/mol. The highest BCUT2D eigenvalue weighted by molar-refractivity contribution is 5.55. The third-order valence-electron chi connectivity index (χ3n) is 4.29. The van der Waals surface area contributed by atoms with Crippen molar-refractivity contribution in [2.45, 2.75) is 12.6 Å². The van der Waals surface area contributed by atoms with Gasteiger partial charge in [-0.25, -0.2) is 14.6 Å². The highest BCUT2D eigenvalue weighted by Gasteiger charge is 2.23. The van der Waals surface area contributed by atoms with Crippen LogP contribution in [0, 0.1) is 0 Å². The second-order valence-electron chi connectivity index (χ2n) is 6.32. The molecule has 0 amide bonds. The Balaban J connectivity index is 1.51. The van der Waals surface area contributed by atoms with Crippen LogP contribution in [0.1, 0.15) is 0 Å². The van der Waals surface area contributed by atoms with E-state index in [1.807, 2.05) is 18.1 Å². The van der Waals surface area contributed by atoms with Crippen molar-refractivity contribution in [2.24, 2.45) is 7.05 Å². The fourth-order valence-electron chi connectivity index (χ4n) is 2.97. The molecule has 3 aromatic heterocycles. The van der Waals surface area contributed by atoms with Gasteiger partial charge in [-0.05, 0) is 6.07 Å². The maximum atomic E-state index is 12.2. The van der Waals surface area contributed by atoms with E-state index >= 15 is 0 Å². The third kappa shape index (κ3) is 3.80. The van der Waals surface area contributed by atoms with Crippen LogP contribution < -0.4 is 10.5 Å². The molecule has 4 heterocycles. The van der Waals surface area contributed by atoms with Crippen molar-refractivity contribution in [3.8, 4) is 17.0 Å². The van der Waals surface area contributed by atoms with Crippen molar-refractivity contribution >= 4 is 5.95 Å². The molecular weight excluding hydrogens is 350 g/mol. The predicted molar refractivity (Wildman–Crippen MR) is 96.3 cm³/mol. The van der Waals surface area contributed by atoms with Crippen molar-refractivity contribution in [3.05, 3.63) is 47.3 Å². The molecule has 0 bridgehead atoms. The molecule has 0 unspecified atom stereocenters. The van der Waals surface area contributed by atoms with Crippen LogP contribution in [0.4, 0.5) is 5.95 Å². The molecule has 1 atom stereocenters. The van der Waals surface area contributed by atoms with Crippen LogP contribution in [0.5, 0.6) is 5.75 Å². The Kier molecular flexibility index (Phi) is 4.55. The van der Waals surface area contributed by atoms with Crippen LogP contribution in [-0.2, 0) is 18.3 Å². The lowest BCUT2D eigenvalue weighted by Gasteiger charge is -2.32. The summed E-state index contributed by atoms with van der Waals surface area (Å²) >= 11 is 0. The third-order valence-corrected chi connectivity index (χ3v) is 4.29. The number of hydrogen-bond donors (Lipinski definition) is 1. The largest absolute Gasteiger partial charge is 0.505 e. The second kappa shape index (κ2) is 7.16. The predicted octanol–water partition coefficient (Wildman–Crippen LogP) is 0.0448. The molecule has 0 spiro atoms. The molecule has 1 aliphatic rings. The summed E-state index contributed by atoms with van der Waals surface area (Å²) in [7, 11) is 1.83. The van der Waals surface area contributed by atoms with E-state index in [9.17, 15) is 9.90 Å². The lowest BCUT2D eigenvalue weighted by molar-refractivity contribution is 0.0260. The summed E-state index contributed by atoms with van der Waals surface area (Å²) in [6.07, 6.45) is 6.04. The average Bonchev–Trinajstić information content (AvgIpc) is 3.11. The zero-order valence-electron chi connectivity index (χ0n) is 14.8. The van der Waals surface area contributed by atoms with E-state index in [1.54, 1.807) is 16.9 Å². The smallest absolute Gasteiger partial charge is 0.266 e. The van der Waals surface area contributed by atoms with Gasteiger partial charge < -0.3 is 14.7 Å². The standard InChI is InChI=1S/C17H19N7O3/c1-22-9-12(6-20-22)15-2-3-16(26)24(21-15)11-14-10-23(4-5-27-14)17-18-7-13(25)8-19-17/h2-3,6-9,14,25H,4-5,10-11H2,1H3/t14-/m0/s1. The minimum absolute atomic E-state index is 0.0199. The number of aromatic nitrogens is 6. The first-order valence-corrected chi connectivity index (χ1v) is 8.53.